The van der Waals surface area contributed by atoms with Crippen LogP contribution in [0.15, 0.2) is 97.2 Å². The van der Waals surface area contributed by atoms with Crippen molar-refractivity contribution < 1.29 is 39.8 Å². The number of ether oxygens (including phenoxy) is 2. The van der Waals surface area contributed by atoms with Gasteiger partial charge in [-0.05, 0) is 83.5 Å². The number of allylic oxidation sites excluding steroid dienone is 15. The fourth-order valence-corrected chi connectivity index (χ4v) is 10.0. The van der Waals surface area contributed by atoms with E-state index in [0.717, 1.165) is 77.0 Å². The molecule has 1 amide bonds. The summed E-state index contributed by atoms with van der Waals surface area (Å²) in [4.78, 5) is 13.1. The molecule has 0 aromatic carbocycles. The van der Waals surface area contributed by atoms with Crippen molar-refractivity contribution in [2.24, 2.45) is 0 Å². The molecule has 79 heavy (non-hydrogen) atoms. The van der Waals surface area contributed by atoms with E-state index in [1.807, 2.05) is 6.08 Å². The Morgan fingerprint density at radius 2 is 0.797 bits per heavy atom. The highest BCUT2D eigenvalue weighted by Gasteiger charge is 2.44. The van der Waals surface area contributed by atoms with Crippen molar-refractivity contribution in [3.05, 3.63) is 97.2 Å². The Hall–Kier alpha value is -2.89. The lowest BCUT2D eigenvalue weighted by Crippen LogP contribution is -2.60. The first-order valence-electron chi connectivity index (χ1n) is 33.0. The lowest BCUT2D eigenvalue weighted by Gasteiger charge is -2.40. The Morgan fingerprint density at radius 3 is 1.22 bits per heavy atom. The zero-order valence-corrected chi connectivity index (χ0v) is 50.9. The van der Waals surface area contributed by atoms with Gasteiger partial charge in [-0.2, -0.15) is 0 Å². The third-order valence-corrected chi connectivity index (χ3v) is 15.1. The molecule has 0 radical (unpaired) electrons. The fraction of sp³-hybridized carbons (Fsp3) is 0.757. The highest BCUT2D eigenvalue weighted by atomic mass is 16.7. The highest BCUT2D eigenvalue weighted by Crippen LogP contribution is 2.23. The van der Waals surface area contributed by atoms with Gasteiger partial charge in [-0.3, -0.25) is 4.79 Å². The molecule has 1 fully saturated rings. The number of hydrogen-bond donors (Lipinski definition) is 6. The van der Waals surface area contributed by atoms with E-state index in [1.54, 1.807) is 6.08 Å². The van der Waals surface area contributed by atoms with E-state index in [0.29, 0.717) is 6.42 Å². The predicted octanol–water partition coefficient (Wildman–Crippen LogP) is 17.5. The maximum Gasteiger partial charge on any atom is 0.220 e. The second-order valence-electron chi connectivity index (χ2n) is 22.5. The summed E-state index contributed by atoms with van der Waals surface area (Å²) in [6.45, 7) is 3.67. The number of nitrogens with one attached hydrogen (secondary N) is 1. The second kappa shape index (κ2) is 58.3. The minimum Gasteiger partial charge on any atom is -0.394 e. The van der Waals surface area contributed by atoms with Crippen LogP contribution < -0.4 is 5.32 Å². The molecule has 0 saturated carbocycles. The SMILES string of the molecule is CC/C=C\C/C=C\C/C=C\C/C=C\C/C=C\C/C=C\CCCCCCCCCCCCCCCCCCC(=O)NC(COC1OC(CO)C(O)C(O)C1O)C(O)/C=C/CC/C=C/CCCCCCCCCCCCCCCCC. The number of carbonyl (C=O) groups excluding carboxylic acids is 1. The van der Waals surface area contributed by atoms with E-state index >= 15 is 0 Å². The molecule has 1 aliphatic rings. The smallest absolute Gasteiger partial charge is 0.220 e. The van der Waals surface area contributed by atoms with Gasteiger partial charge in [0.25, 0.3) is 0 Å². The lowest BCUT2D eigenvalue weighted by atomic mass is 9.99. The molecule has 6 N–H and O–H groups in total. The quantitative estimate of drug-likeness (QED) is 0.0261. The number of hydrogen-bond acceptors (Lipinski definition) is 8. The average Bonchev–Trinajstić information content (AvgIpc) is 3.47. The zero-order valence-electron chi connectivity index (χ0n) is 50.9. The molecular formula is C70H123NO8. The van der Waals surface area contributed by atoms with Gasteiger partial charge in [0.15, 0.2) is 6.29 Å². The molecule has 0 bridgehead atoms. The number of unbranched alkanes of at least 4 members (excludes halogenated alkanes) is 32. The minimum atomic E-state index is -1.58. The molecule has 1 rings (SSSR count). The molecule has 0 aromatic rings. The van der Waals surface area contributed by atoms with Crippen LogP contribution in [-0.4, -0.2) is 87.5 Å². The molecule has 0 spiro atoms. The summed E-state index contributed by atoms with van der Waals surface area (Å²) in [6, 6.07) is -0.827. The summed E-state index contributed by atoms with van der Waals surface area (Å²) >= 11 is 0. The Kier molecular flexibility index (Phi) is 54.7. The summed E-state index contributed by atoms with van der Waals surface area (Å²) in [6.07, 6.45) is 77.8. The average molecular weight is 1110 g/mol. The molecule has 456 valence electrons. The summed E-state index contributed by atoms with van der Waals surface area (Å²) in [7, 11) is 0. The van der Waals surface area contributed by atoms with Gasteiger partial charge in [-0.15, -0.1) is 0 Å². The van der Waals surface area contributed by atoms with Crippen LogP contribution in [0, 0.1) is 0 Å². The largest absolute Gasteiger partial charge is 0.394 e. The maximum absolute atomic E-state index is 13.1. The summed E-state index contributed by atoms with van der Waals surface area (Å²) in [5, 5.41) is 54.6. The van der Waals surface area contributed by atoms with Gasteiger partial charge in [0.1, 0.15) is 24.4 Å². The van der Waals surface area contributed by atoms with Crippen LogP contribution in [0.5, 0.6) is 0 Å². The van der Waals surface area contributed by atoms with Crippen LogP contribution in [-0.2, 0) is 14.3 Å². The van der Waals surface area contributed by atoms with E-state index in [9.17, 15) is 30.3 Å². The van der Waals surface area contributed by atoms with Gasteiger partial charge in [0.2, 0.25) is 5.91 Å². The Bertz CT molecular complexity index is 1560. The second-order valence-corrected chi connectivity index (χ2v) is 22.5. The van der Waals surface area contributed by atoms with Crippen molar-refractivity contribution in [1.29, 1.82) is 0 Å². The van der Waals surface area contributed by atoms with Crippen LogP contribution in [0.2, 0.25) is 0 Å². The standard InChI is InChI=1S/C70H123NO8/c1-3-5-7-9-11-13-15-17-19-21-23-25-26-27-28-29-30-31-32-33-34-35-36-37-38-40-42-44-46-48-50-52-54-56-58-60-66(74)71-63(62-78-70-69(77)68(76)67(75)65(61-72)79-70)64(73)59-57-55-53-51-49-47-45-43-41-39-24-22-20-18-16-14-12-10-8-6-4-2/h5,7,11,13,17,19,23,25,27-28,30-31,49,51,57,59,63-65,67-70,72-73,75-77H,3-4,6,8-10,12,14-16,18,20-22,24,26,29,32-48,50,52-56,58,60-62H2,1-2H3,(H,71,74)/b7-5-,13-11-,19-17-,25-23-,28-27-,31-30-,51-49+,59-57+. The Morgan fingerprint density at radius 1 is 0.443 bits per heavy atom. The van der Waals surface area contributed by atoms with Gasteiger partial charge < -0.3 is 40.3 Å². The van der Waals surface area contributed by atoms with E-state index in [4.69, 9.17) is 9.47 Å². The van der Waals surface area contributed by atoms with Crippen LogP contribution in [0.3, 0.4) is 0 Å². The van der Waals surface area contributed by atoms with E-state index < -0.39 is 49.5 Å². The van der Waals surface area contributed by atoms with Crippen LogP contribution in [0.4, 0.5) is 0 Å². The van der Waals surface area contributed by atoms with Gasteiger partial charge in [0, 0.05) is 6.42 Å². The van der Waals surface area contributed by atoms with Crippen LogP contribution in [0.1, 0.15) is 284 Å². The Balaban J connectivity index is 2.15. The third kappa shape index (κ3) is 47.3. The lowest BCUT2D eigenvalue weighted by molar-refractivity contribution is -0.302. The highest BCUT2D eigenvalue weighted by molar-refractivity contribution is 5.76. The number of aliphatic hydroxyl groups excluding tert-OH is 5. The third-order valence-electron chi connectivity index (χ3n) is 15.1. The van der Waals surface area contributed by atoms with Crippen molar-refractivity contribution >= 4 is 5.91 Å². The molecule has 9 nitrogen and oxygen atoms in total. The van der Waals surface area contributed by atoms with E-state index in [1.165, 1.54) is 186 Å². The number of carbonyl (C=O) groups is 1. The first-order chi connectivity index (χ1) is 38.8. The molecule has 9 heteroatoms. The van der Waals surface area contributed by atoms with Crippen LogP contribution in [0.25, 0.3) is 0 Å². The van der Waals surface area contributed by atoms with Gasteiger partial charge in [0.05, 0.1) is 25.4 Å². The molecule has 0 aliphatic carbocycles. The number of aliphatic hydroxyl groups is 5. The van der Waals surface area contributed by atoms with Crippen molar-refractivity contribution in [2.75, 3.05) is 13.2 Å². The predicted molar refractivity (Wildman–Crippen MR) is 336 cm³/mol. The first-order valence-corrected chi connectivity index (χ1v) is 33.0. The van der Waals surface area contributed by atoms with Gasteiger partial charge >= 0.3 is 0 Å². The molecular weight excluding hydrogens is 983 g/mol. The fourth-order valence-electron chi connectivity index (χ4n) is 10.0. The van der Waals surface area contributed by atoms with Crippen molar-refractivity contribution in [3.63, 3.8) is 0 Å². The van der Waals surface area contributed by atoms with Crippen molar-refractivity contribution in [2.45, 2.75) is 326 Å². The molecule has 1 saturated heterocycles. The number of rotatable bonds is 56. The number of amides is 1. The topological polar surface area (TPSA) is 149 Å². The van der Waals surface area contributed by atoms with Crippen LogP contribution >= 0.6 is 0 Å². The summed E-state index contributed by atoms with van der Waals surface area (Å²) < 4.78 is 11.3. The van der Waals surface area contributed by atoms with E-state index in [-0.39, 0.29) is 12.5 Å². The van der Waals surface area contributed by atoms with Gasteiger partial charge in [-0.1, -0.05) is 291 Å². The normalized spacial score (nSPS) is 19.2. The molecule has 7 atom stereocenters. The summed E-state index contributed by atoms with van der Waals surface area (Å²) in [5.74, 6) is -0.187. The maximum atomic E-state index is 13.1. The summed E-state index contributed by atoms with van der Waals surface area (Å²) in [5.41, 5.74) is 0. The molecule has 1 heterocycles. The Labute approximate surface area is 485 Å². The molecule has 0 aromatic heterocycles. The molecule has 7 unspecified atom stereocenters. The van der Waals surface area contributed by atoms with Crippen molar-refractivity contribution in [1.82, 2.24) is 5.32 Å². The molecule has 1 aliphatic heterocycles. The monoisotopic (exact) mass is 1110 g/mol. The van der Waals surface area contributed by atoms with E-state index in [2.05, 4.69) is 104 Å². The van der Waals surface area contributed by atoms with Gasteiger partial charge in [-0.25, -0.2) is 0 Å². The minimum absolute atomic E-state index is 0.187. The zero-order chi connectivity index (χ0) is 57.2. The van der Waals surface area contributed by atoms with Crippen molar-refractivity contribution in [3.8, 4) is 0 Å². The first kappa shape index (κ1) is 74.1.